The summed E-state index contributed by atoms with van der Waals surface area (Å²) in [6, 6.07) is 27.0. The fourth-order valence-electron chi connectivity index (χ4n) is 3.92. The Balaban J connectivity index is 1.68. The van der Waals surface area contributed by atoms with Crippen LogP contribution in [0, 0.1) is 6.92 Å². The lowest BCUT2D eigenvalue weighted by Gasteiger charge is -2.08. The van der Waals surface area contributed by atoms with Gasteiger partial charge in [-0.1, -0.05) is 59.8 Å². The molecule has 29 heavy (non-hydrogen) atoms. The van der Waals surface area contributed by atoms with E-state index in [4.69, 9.17) is 4.98 Å². The molecule has 0 amide bonds. The monoisotopic (exact) mass is 375 g/mol. The van der Waals surface area contributed by atoms with Crippen LogP contribution < -0.4 is 0 Å². The fraction of sp³-hybridized carbons (Fsp3) is 0.0417. The first-order valence-corrected chi connectivity index (χ1v) is 9.57. The van der Waals surface area contributed by atoms with Crippen LogP contribution in [0.1, 0.15) is 5.56 Å². The molecule has 0 saturated carbocycles. The third kappa shape index (κ3) is 2.44. The molecule has 3 aromatic heterocycles. The van der Waals surface area contributed by atoms with E-state index in [0.717, 1.165) is 44.5 Å². The van der Waals surface area contributed by atoms with Gasteiger partial charge in [-0.15, -0.1) is 5.10 Å². The van der Waals surface area contributed by atoms with Crippen molar-refractivity contribution in [2.24, 2.45) is 0 Å². The van der Waals surface area contributed by atoms with E-state index in [2.05, 4.69) is 70.2 Å². The second-order valence-electron chi connectivity index (χ2n) is 7.27. The lowest BCUT2D eigenvalue weighted by atomic mass is 10.2. The lowest BCUT2D eigenvalue weighted by Crippen LogP contribution is -2.00. The highest BCUT2D eigenvalue weighted by atomic mass is 15.4. The first-order chi connectivity index (χ1) is 14.3. The summed E-state index contributed by atoms with van der Waals surface area (Å²) in [5, 5.41) is 9.95. The molecule has 0 fully saturated rings. The zero-order chi connectivity index (χ0) is 19.4. The van der Waals surface area contributed by atoms with Crippen molar-refractivity contribution in [1.82, 2.24) is 24.4 Å². The molecule has 0 unspecified atom stereocenters. The predicted molar refractivity (Wildman–Crippen MR) is 115 cm³/mol. The molecule has 138 valence electrons. The Labute approximate surface area is 166 Å². The normalized spacial score (nSPS) is 11.6. The molecule has 6 aromatic rings. The van der Waals surface area contributed by atoms with Gasteiger partial charge in [-0.3, -0.25) is 4.40 Å². The van der Waals surface area contributed by atoms with Gasteiger partial charge in [0.15, 0.2) is 5.65 Å². The highest BCUT2D eigenvalue weighted by Crippen LogP contribution is 2.29. The number of nitrogens with zero attached hydrogens (tertiary/aromatic N) is 5. The largest absolute Gasteiger partial charge is 0.290 e. The van der Waals surface area contributed by atoms with E-state index in [0.29, 0.717) is 0 Å². The molecule has 5 heteroatoms. The van der Waals surface area contributed by atoms with Gasteiger partial charge in [0.05, 0.1) is 22.7 Å². The summed E-state index contributed by atoms with van der Waals surface area (Å²) in [7, 11) is 0. The zero-order valence-electron chi connectivity index (χ0n) is 15.8. The molecule has 0 saturated heterocycles. The van der Waals surface area contributed by atoms with Crippen molar-refractivity contribution >= 4 is 27.6 Å². The molecule has 0 atom stereocenters. The molecule has 5 nitrogen and oxygen atoms in total. The molecule has 0 aliphatic heterocycles. The van der Waals surface area contributed by atoms with Crippen LogP contribution in [0.5, 0.6) is 0 Å². The van der Waals surface area contributed by atoms with E-state index < -0.39 is 0 Å². The van der Waals surface area contributed by atoms with Gasteiger partial charge in [0.2, 0.25) is 0 Å². The Kier molecular flexibility index (Phi) is 3.32. The third-order valence-corrected chi connectivity index (χ3v) is 5.32. The average molecular weight is 375 g/mol. The summed E-state index contributed by atoms with van der Waals surface area (Å²) in [5.41, 5.74) is 8.04. The summed E-state index contributed by atoms with van der Waals surface area (Å²) >= 11 is 0. The van der Waals surface area contributed by atoms with Crippen molar-refractivity contribution < 1.29 is 0 Å². The van der Waals surface area contributed by atoms with E-state index in [1.54, 1.807) is 0 Å². The first kappa shape index (κ1) is 16.0. The number of aryl methyl sites for hydroxylation is 1. The number of rotatable bonds is 2. The Morgan fingerprint density at radius 2 is 1.62 bits per heavy atom. The minimum Gasteiger partial charge on any atom is -0.290 e. The molecule has 3 heterocycles. The molecule has 6 rings (SSSR count). The van der Waals surface area contributed by atoms with Gasteiger partial charge in [-0.05, 0) is 36.8 Å². The Hall–Kier alpha value is -3.99. The van der Waals surface area contributed by atoms with Gasteiger partial charge < -0.3 is 0 Å². The molecule has 0 aliphatic rings. The van der Waals surface area contributed by atoms with Gasteiger partial charge in [-0.2, -0.15) is 0 Å². The van der Waals surface area contributed by atoms with Crippen molar-refractivity contribution in [3.05, 3.63) is 90.6 Å². The highest BCUT2D eigenvalue weighted by Gasteiger charge is 2.15. The molecule has 0 aliphatic carbocycles. The van der Waals surface area contributed by atoms with Crippen LogP contribution in [-0.2, 0) is 0 Å². The first-order valence-electron chi connectivity index (χ1n) is 9.57. The minimum absolute atomic E-state index is 0.837. The second-order valence-corrected chi connectivity index (χ2v) is 7.27. The third-order valence-electron chi connectivity index (χ3n) is 5.32. The van der Waals surface area contributed by atoms with E-state index >= 15 is 0 Å². The number of hydrogen-bond acceptors (Lipinski definition) is 3. The number of para-hydroxylation sites is 1. The SMILES string of the molecule is Cc1ccc2c(c1)nc1c(-n3cc(-c4ccccc4)nn3)cc3ccccc3n12. The number of benzene rings is 3. The molecule has 0 N–H and O–H groups in total. The van der Waals surface area contributed by atoms with Crippen LogP contribution >= 0.6 is 0 Å². The number of pyridine rings is 1. The van der Waals surface area contributed by atoms with Crippen LogP contribution in [0.2, 0.25) is 0 Å². The summed E-state index contributed by atoms with van der Waals surface area (Å²) in [5.74, 6) is 0. The zero-order valence-corrected chi connectivity index (χ0v) is 15.8. The minimum atomic E-state index is 0.837. The number of aromatic nitrogens is 5. The van der Waals surface area contributed by atoms with E-state index in [-0.39, 0.29) is 0 Å². The average Bonchev–Trinajstić information content (AvgIpc) is 3.39. The molecule has 0 spiro atoms. The number of fused-ring (bicyclic) bond motifs is 5. The maximum absolute atomic E-state index is 4.96. The summed E-state index contributed by atoms with van der Waals surface area (Å²) in [6.45, 7) is 2.09. The van der Waals surface area contributed by atoms with Gasteiger partial charge >= 0.3 is 0 Å². The Morgan fingerprint density at radius 1 is 0.793 bits per heavy atom. The van der Waals surface area contributed by atoms with Crippen molar-refractivity contribution in [3.63, 3.8) is 0 Å². The highest BCUT2D eigenvalue weighted by molar-refractivity contribution is 5.94. The fourth-order valence-corrected chi connectivity index (χ4v) is 3.92. The van der Waals surface area contributed by atoms with Crippen LogP contribution in [0.15, 0.2) is 85.1 Å². The predicted octanol–water partition coefficient (Wildman–Crippen LogP) is 5.20. The maximum Gasteiger partial charge on any atom is 0.164 e. The molecule has 3 aromatic carbocycles. The number of imidazole rings is 1. The Bertz CT molecular complexity index is 1510. The van der Waals surface area contributed by atoms with Crippen molar-refractivity contribution in [3.8, 4) is 16.9 Å². The maximum atomic E-state index is 4.96. The van der Waals surface area contributed by atoms with Crippen molar-refractivity contribution in [1.29, 1.82) is 0 Å². The van der Waals surface area contributed by atoms with Crippen LogP contribution in [-0.4, -0.2) is 24.4 Å². The van der Waals surface area contributed by atoms with Gasteiger partial charge in [0, 0.05) is 10.9 Å². The molecular formula is C24H17N5. The van der Waals surface area contributed by atoms with Crippen LogP contribution in [0.4, 0.5) is 0 Å². The van der Waals surface area contributed by atoms with Gasteiger partial charge in [0.25, 0.3) is 0 Å². The van der Waals surface area contributed by atoms with Crippen LogP contribution in [0.3, 0.4) is 0 Å². The van der Waals surface area contributed by atoms with E-state index in [1.807, 2.05) is 41.2 Å². The standard InChI is InChI=1S/C24H17N5/c1-16-11-12-22-19(13-16)25-24-23(14-18-9-5-6-10-21(18)29(22)24)28-15-20(26-27-28)17-7-3-2-4-8-17/h2-15H,1H3. The lowest BCUT2D eigenvalue weighted by molar-refractivity contribution is 0.805. The molecular weight excluding hydrogens is 358 g/mol. The smallest absolute Gasteiger partial charge is 0.164 e. The summed E-state index contributed by atoms with van der Waals surface area (Å²) in [6.07, 6.45) is 1.96. The van der Waals surface area contributed by atoms with Crippen molar-refractivity contribution in [2.75, 3.05) is 0 Å². The van der Waals surface area contributed by atoms with E-state index in [9.17, 15) is 0 Å². The van der Waals surface area contributed by atoms with E-state index in [1.165, 1.54) is 5.56 Å². The summed E-state index contributed by atoms with van der Waals surface area (Å²) < 4.78 is 4.03. The molecule has 0 radical (unpaired) electrons. The Morgan fingerprint density at radius 3 is 2.52 bits per heavy atom. The van der Waals surface area contributed by atoms with Crippen LogP contribution in [0.25, 0.3) is 44.5 Å². The van der Waals surface area contributed by atoms with Gasteiger partial charge in [-0.25, -0.2) is 9.67 Å². The van der Waals surface area contributed by atoms with Gasteiger partial charge in [0.1, 0.15) is 11.4 Å². The van der Waals surface area contributed by atoms with Crippen molar-refractivity contribution in [2.45, 2.75) is 6.92 Å². The topological polar surface area (TPSA) is 48.0 Å². The number of hydrogen-bond donors (Lipinski definition) is 0. The summed E-state index contributed by atoms with van der Waals surface area (Å²) in [4.78, 5) is 4.96. The molecule has 0 bridgehead atoms. The quantitative estimate of drug-likeness (QED) is 0.418. The second kappa shape index (κ2) is 6.01.